The van der Waals surface area contributed by atoms with E-state index < -0.39 is 6.10 Å². The molecule has 1 aromatic carbocycles. The lowest BCUT2D eigenvalue weighted by Crippen LogP contribution is -2.41. The average Bonchev–Trinajstić information content (AvgIpc) is 2.63. The Hall–Kier alpha value is -2.12. The van der Waals surface area contributed by atoms with Crippen LogP contribution in [0.1, 0.15) is 38.7 Å². The van der Waals surface area contributed by atoms with Gasteiger partial charge in [-0.05, 0) is 24.5 Å². The van der Waals surface area contributed by atoms with Crippen molar-refractivity contribution in [2.75, 3.05) is 38.2 Å². The molecule has 1 aromatic rings. The van der Waals surface area contributed by atoms with E-state index in [4.69, 9.17) is 4.74 Å². The molecule has 150 valence electrons. The Bertz CT molecular complexity index is 633. The third-order valence-electron chi connectivity index (χ3n) is 4.19. The number of benzene rings is 1. The third-order valence-corrected chi connectivity index (χ3v) is 4.19. The van der Waals surface area contributed by atoms with Gasteiger partial charge in [0.1, 0.15) is 0 Å². The highest BCUT2D eigenvalue weighted by Gasteiger charge is 2.24. The molecule has 0 bridgehead atoms. The van der Waals surface area contributed by atoms with E-state index in [1.807, 2.05) is 31.2 Å². The Morgan fingerprint density at radius 1 is 1.33 bits per heavy atom. The van der Waals surface area contributed by atoms with Gasteiger partial charge in [0.25, 0.3) is 0 Å². The fourth-order valence-corrected chi connectivity index (χ4v) is 2.93. The summed E-state index contributed by atoms with van der Waals surface area (Å²) in [5, 5.41) is 19.4. The molecular formula is C20H32N4O3. The SMILES string of the molecule is CCNC(=NCC(O)COCC(C)C)NCC1CC(=O)Nc2ccccc21. The maximum atomic E-state index is 11.9. The van der Waals surface area contributed by atoms with E-state index in [9.17, 15) is 9.90 Å². The number of ether oxygens (including phenoxy) is 1. The molecule has 1 heterocycles. The lowest BCUT2D eigenvalue weighted by molar-refractivity contribution is -0.116. The van der Waals surface area contributed by atoms with Gasteiger partial charge >= 0.3 is 0 Å². The summed E-state index contributed by atoms with van der Waals surface area (Å²) in [4.78, 5) is 16.4. The maximum absolute atomic E-state index is 11.9. The zero-order valence-electron chi connectivity index (χ0n) is 16.5. The molecule has 2 rings (SSSR count). The maximum Gasteiger partial charge on any atom is 0.225 e. The fraction of sp³-hybridized carbons (Fsp3) is 0.600. The van der Waals surface area contributed by atoms with Crippen molar-refractivity contribution < 1.29 is 14.6 Å². The number of amides is 1. The van der Waals surface area contributed by atoms with Crippen molar-refractivity contribution in [2.45, 2.75) is 39.2 Å². The summed E-state index contributed by atoms with van der Waals surface area (Å²) < 4.78 is 5.45. The van der Waals surface area contributed by atoms with Gasteiger partial charge in [0.2, 0.25) is 5.91 Å². The molecule has 1 aliphatic heterocycles. The van der Waals surface area contributed by atoms with Gasteiger partial charge in [-0.2, -0.15) is 0 Å². The standard InChI is InChI=1S/C20H32N4O3/c1-4-21-20(23-11-16(25)13-27-12-14(2)3)22-10-15-9-19(26)24-18-8-6-5-7-17(15)18/h5-8,14-16,25H,4,9-13H2,1-3H3,(H,24,26)(H2,21,22,23). The van der Waals surface area contributed by atoms with Crippen LogP contribution < -0.4 is 16.0 Å². The van der Waals surface area contributed by atoms with Gasteiger partial charge in [-0.1, -0.05) is 32.0 Å². The van der Waals surface area contributed by atoms with Gasteiger partial charge in [-0.15, -0.1) is 0 Å². The first-order valence-corrected chi connectivity index (χ1v) is 9.66. The van der Waals surface area contributed by atoms with Gasteiger partial charge in [-0.25, -0.2) is 0 Å². The number of aliphatic imine (C=N–C) groups is 1. The molecule has 2 unspecified atom stereocenters. The minimum atomic E-state index is -0.639. The van der Waals surface area contributed by atoms with Crippen LogP contribution in [0.25, 0.3) is 0 Å². The van der Waals surface area contributed by atoms with Gasteiger partial charge < -0.3 is 25.8 Å². The molecular weight excluding hydrogens is 344 g/mol. The Labute approximate surface area is 161 Å². The summed E-state index contributed by atoms with van der Waals surface area (Å²) in [6.45, 7) is 8.60. The molecule has 0 fully saturated rings. The Kier molecular flexibility index (Phi) is 8.54. The highest BCUT2D eigenvalue weighted by atomic mass is 16.5. The van der Waals surface area contributed by atoms with Crippen LogP contribution in [-0.2, 0) is 9.53 Å². The summed E-state index contributed by atoms with van der Waals surface area (Å²) in [5.74, 6) is 1.18. The Morgan fingerprint density at radius 3 is 2.85 bits per heavy atom. The van der Waals surface area contributed by atoms with Crippen LogP contribution in [0, 0.1) is 5.92 Å². The highest BCUT2D eigenvalue weighted by molar-refractivity contribution is 5.94. The molecule has 7 nitrogen and oxygen atoms in total. The summed E-state index contributed by atoms with van der Waals surface area (Å²) in [6, 6.07) is 7.87. The quantitative estimate of drug-likeness (QED) is 0.389. The van der Waals surface area contributed by atoms with Crippen LogP contribution in [0.15, 0.2) is 29.3 Å². The molecule has 1 aliphatic rings. The summed E-state index contributed by atoms with van der Waals surface area (Å²) in [7, 11) is 0. The number of aliphatic hydroxyl groups is 1. The van der Waals surface area contributed by atoms with E-state index >= 15 is 0 Å². The first-order chi connectivity index (χ1) is 13.0. The number of nitrogens with zero attached hydrogens (tertiary/aromatic N) is 1. The summed E-state index contributed by atoms with van der Waals surface area (Å²) in [6.07, 6.45) is -0.199. The average molecular weight is 377 g/mol. The first kappa shape index (κ1) is 21.2. The number of hydrogen-bond donors (Lipinski definition) is 4. The Balaban J connectivity index is 1.89. The summed E-state index contributed by atoms with van der Waals surface area (Å²) >= 11 is 0. The van der Waals surface area contributed by atoms with Crippen molar-refractivity contribution >= 4 is 17.6 Å². The number of nitrogens with one attached hydrogen (secondary N) is 3. The van der Waals surface area contributed by atoms with Crippen molar-refractivity contribution in [2.24, 2.45) is 10.9 Å². The van der Waals surface area contributed by atoms with Crippen LogP contribution in [-0.4, -0.2) is 55.9 Å². The van der Waals surface area contributed by atoms with Crippen molar-refractivity contribution in [1.82, 2.24) is 10.6 Å². The lowest BCUT2D eigenvalue weighted by atomic mass is 9.90. The zero-order chi connectivity index (χ0) is 19.6. The Morgan fingerprint density at radius 2 is 2.11 bits per heavy atom. The molecule has 0 spiro atoms. The van der Waals surface area contributed by atoms with E-state index in [1.54, 1.807) is 0 Å². The molecule has 7 heteroatoms. The van der Waals surface area contributed by atoms with Crippen LogP contribution in [0.5, 0.6) is 0 Å². The van der Waals surface area contributed by atoms with Crippen molar-refractivity contribution in [3.8, 4) is 0 Å². The van der Waals surface area contributed by atoms with E-state index in [2.05, 4.69) is 34.8 Å². The third kappa shape index (κ3) is 7.19. The van der Waals surface area contributed by atoms with E-state index in [1.165, 1.54) is 0 Å². The fourth-order valence-electron chi connectivity index (χ4n) is 2.93. The molecule has 0 saturated heterocycles. The minimum Gasteiger partial charge on any atom is -0.389 e. The number of fused-ring (bicyclic) bond motifs is 1. The number of guanidine groups is 1. The number of rotatable bonds is 9. The molecule has 4 N–H and O–H groups in total. The number of anilines is 1. The zero-order valence-corrected chi connectivity index (χ0v) is 16.5. The number of carbonyl (C=O) groups excluding carboxylic acids is 1. The monoisotopic (exact) mass is 376 g/mol. The molecule has 0 saturated carbocycles. The van der Waals surface area contributed by atoms with Crippen LogP contribution in [0.4, 0.5) is 5.69 Å². The molecule has 27 heavy (non-hydrogen) atoms. The van der Waals surface area contributed by atoms with Gasteiger partial charge in [0.15, 0.2) is 5.96 Å². The van der Waals surface area contributed by atoms with E-state index in [0.717, 1.165) is 11.3 Å². The smallest absolute Gasteiger partial charge is 0.225 e. The van der Waals surface area contributed by atoms with E-state index in [0.29, 0.717) is 38.0 Å². The van der Waals surface area contributed by atoms with Crippen molar-refractivity contribution in [3.63, 3.8) is 0 Å². The first-order valence-electron chi connectivity index (χ1n) is 9.66. The number of hydrogen-bond acceptors (Lipinski definition) is 4. The lowest BCUT2D eigenvalue weighted by Gasteiger charge is -2.26. The minimum absolute atomic E-state index is 0.0279. The number of aliphatic hydroxyl groups excluding tert-OH is 1. The molecule has 2 atom stereocenters. The van der Waals surface area contributed by atoms with Crippen LogP contribution in [0.3, 0.4) is 0 Å². The highest BCUT2D eigenvalue weighted by Crippen LogP contribution is 2.31. The normalized spacial score (nSPS) is 18.0. The molecule has 1 amide bonds. The van der Waals surface area contributed by atoms with E-state index in [-0.39, 0.29) is 25.0 Å². The topological polar surface area (TPSA) is 95.0 Å². The van der Waals surface area contributed by atoms with Crippen molar-refractivity contribution in [3.05, 3.63) is 29.8 Å². The van der Waals surface area contributed by atoms with Gasteiger partial charge in [0.05, 0.1) is 19.3 Å². The predicted octanol–water partition coefficient (Wildman–Crippen LogP) is 1.70. The van der Waals surface area contributed by atoms with Crippen LogP contribution in [0.2, 0.25) is 0 Å². The van der Waals surface area contributed by atoms with Gasteiger partial charge in [0, 0.05) is 37.7 Å². The molecule has 0 radical (unpaired) electrons. The van der Waals surface area contributed by atoms with Crippen molar-refractivity contribution in [1.29, 1.82) is 0 Å². The second-order valence-corrected chi connectivity index (χ2v) is 7.22. The second-order valence-electron chi connectivity index (χ2n) is 7.22. The molecule has 0 aromatic heterocycles. The van der Waals surface area contributed by atoms with Crippen LogP contribution >= 0.6 is 0 Å². The predicted molar refractivity (Wildman–Crippen MR) is 108 cm³/mol. The second kappa shape index (κ2) is 10.9. The largest absolute Gasteiger partial charge is 0.389 e. The molecule has 0 aliphatic carbocycles. The number of para-hydroxylation sites is 1. The summed E-state index contributed by atoms with van der Waals surface area (Å²) in [5.41, 5.74) is 2.00. The number of carbonyl (C=O) groups is 1. The van der Waals surface area contributed by atoms with Gasteiger partial charge in [-0.3, -0.25) is 9.79 Å².